The fourth-order valence-corrected chi connectivity index (χ4v) is 0.805. The Labute approximate surface area is 55.5 Å². The smallest absolute Gasteiger partial charge is 0.287 e. The topological polar surface area (TPSA) is 58.9 Å². The van der Waals surface area contributed by atoms with Crippen molar-refractivity contribution in [3.8, 4) is 0 Å². The fraction of sp³-hybridized carbons (Fsp3) is 0. The minimum absolute atomic E-state index is 0.211. The molecule has 10 heavy (non-hydrogen) atoms. The minimum atomic E-state index is -0.211. The lowest BCUT2D eigenvalue weighted by atomic mass is 10.3. The van der Waals surface area contributed by atoms with Gasteiger partial charge in [-0.05, 0) is 6.07 Å². The third-order valence-corrected chi connectivity index (χ3v) is 1.28. The van der Waals surface area contributed by atoms with Gasteiger partial charge < -0.3 is 4.52 Å². The second kappa shape index (κ2) is 1.70. The molecule has 50 valence electrons. The van der Waals surface area contributed by atoms with E-state index >= 15 is 0 Å². The maximum atomic E-state index is 10.8. The molecule has 0 spiro atoms. The molecule has 0 radical (unpaired) electrons. The molecule has 0 aromatic carbocycles. The lowest BCUT2D eigenvalue weighted by Gasteiger charge is -1.78. The van der Waals surface area contributed by atoms with Crippen molar-refractivity contribution in [2.24, 2.45) is 0 Å². The van der Waals surface area contributed by atoms with E-state index in [1.807, 2.05) is 0 Å². The van der Waals surface area contributed by atoms with Crippen LogP contribution in [0.3, 0.4) is 0 Å². The zero-order chi connectivity index (χ0) is 6.97. The summed E-state index contributed by atoms with van der Waals surface area (Å²) in [4.78, 5) is 14.6. The average molecular weight is 136 g/mol. The quantitative estimate of drug-likeness (QED) is 0.574. The van der Waals surface area contributed by atoms with Crippen LogP contribution in [0.2, 0.25) is 0 Å². The summed E-state index contributed by atoms with van der Waals surface area (Å²) in [6.07, 6.45) is 3.04. The molecule has 1 N–H and O–H groups in total. The van der Waals surface area contributed by atoms with E-state index in [0.717, 1.165) is 0 Å². The van der Waals surface area contributed by atoms with Crippen molar-refractivity contribution in [3.63, 3.8) is 0 Å². The summed E-state index contributed by atoms with van der Waals surface area (Å²) in [6.45, 7) is 0. The molecule has 2 aromatic rings. The number of aromatic nitrogens is 2. The minimum Gasteiger partial charge on any atom is -0.377 e. The molecule has 0 aliphatic rings. The molecule has 0 fully saturated rings. The molecular weight excluding hydrogens is 132 g/mol. The van der Waals surface area contributed by atoms with E-state index < -0.39 is 0 Å². The summed E-state index contributed by atoms with van der Waals surface area (Å²) >= 11 is 0. The van der Waals surface area contributed by atoms with Crippen molar-refractivity contribution in [1.82, 2.24) is 10.1 Å². The van der Waals surface area contributed by atoms with Crippen molar-refractivity contribution in [2.45, 2.75) is 0 Å². The van der Waals surface area contributed by atoms with Crippen molar-refractivity contribution >= 4 is 11.0 Å². The summed E-state index contributed by atoms with van der Waals surface area (Å²) in [6, 6.07) is 1.61. The van der Waals surface area contributed by atoms with Gasteiger partial charge in [0.15, 0.2) is 5.58 Å². The Kier molecular flexibility index (Phi) is 0.887. The van der Waals surface area contributed by atoms with E-state index in [0.29, 0.717) is 11.0 Å². The maximum absolute atomic E-state index is 10.8. The molecule has 0 saturated carbocycles. The van der Waals surface area contributed by atoms with E-state index in [1.54, 1.807) is 12.3 Å². The van der Waals surface area contributed by atoms with E-state index in [2.05, 4.69) is 10.1 Å². The Bertz CT molecular complexity index is 401. The third kappa shape index (κ3) is 0.556. The Balaban J connectivity index is 3.07. The summed E-state index contributed by atoms with van der Waals surface area (Å²) in [5.74, 6) is 0. The molecular formula is C6H4N2O2. The molecule has 2 rings (SSSR count). The number of nitrogens with one attached hydrogen (secondary N) is 1. The van der Waals surface area contributed by atoms with Crippen LogP contribution >= 0.6 is 0 Å². The van der Waals surface area contributed by atoms with Crippen molar-refractivity contribution in [1.29, 1.82) is 0 Å². The number of fused-ring (bicyclic) bond motifs is 1. The van der Waals surface area contributed by atoms with Gasteiger partial charge in [-0.1, -0.05) is 0 Å². The van der Waals surface area contributed by atoms with Crippen molar-refractivity contribution < 1.29 is 4.52 Å². The predicted molar refractivity (Wildman–Crippen MR) is 34.6 cm³/mol. The molecule has 2 aromatic heterocycles. The first-order valence-corrected chi connectivity index (χ1v) is 2.79. The molecule has 4 heteroatoms. The van der Waals surface area contributed by atoms with Crippen LogP contribution in [-0.2, 0) is 0 Å². The highest BCUT2D eigenvalue weighted by atomic mass is 16.5. The lowest BCUT2D eigenvalue weighted by molar-refractivity contribution is 0.448. The summed E-state index contributed by atoms with van der Waals surface area (Å²) in [5, 5.41) is 2.74. The van der Waals surface area contributed by atoms with Crippen LogP contribution in [0.5, 0.6) is 0 Å². The van der Waals surface area contributed by atoms with Gasteiger partial charge >= 0.3 is 0 Å². The highest BCUT2D eigenvalue weighted by Crippen LogP contribution is 2.03. The van der Waals surface area contributed by atoms with Crippen LogP contribution in [-0.4, -0.2) is 10.1 Å². The normalized spacial score (nSPS) is 10.4. The van der Waals surface area contributed by atoms with Gasteiger partial charge in [0, 0.05) is 6.20 Å². The number of H-pyrrole nitrogens is 1. The van der Waals surface area contributed by atoms with Gasteiger partial charge in [-0.25, -0.2) is 0 Å². The van der Waals surface area contributed by atoms with Gasteiger partial charge in [0.25, 0.3) is 5.56 Å². The van der Waals surface area contributed by atoms with Crippen LogP contribution in [0.15, 0.2) is 27.8 Å². The van der Waals surface area contributed by atoms with Crippen LogP contribution in [0.25, 0.3) is 11.0 Å². The summed E-state index contributed by atoms with van der Waals surface area (Å²) in [5.41, 5.74) is 0.282. The zero-order valence-electron chi connectivity index (χ0n) is 5.00. The monoisotopic (exact) mass is 136 g/mol. The highest BCUT2D eigenvalue weighted by molar-refractivity contribution is 5.73. The predicted octanol–water partition coefficient (Wildman–Crippen LogP) is 0.516. The maximum Gasteiger partial charge on any atom is 0.287 e. The molecule has 0 amide bonds. The molecule has 0 bridgehead atoms. The second-order valence-electron chi connectivity index (χ2n) is 1.91. The summed E-state index contributed by atoms with van der Waals surface area (Å²) < 4.78 is 4.75. The molecule has 0 unspecified atom stereocenters. The van der Waals surface area contributed by atoms with Gasteiger partial charge in [-0.2, -0.15) is 5.16 Å². The second-order valence-corrected chi connectivity index (χ2v) is 1.91. The van der Waals surface area contributed by atoms with E-state index in [-0.39, 0.29) is 5.56 Å². The van der Waals surface area contributed by atoms with Crippen molar-refractivity contribution in [3.05, 3.63) is 28.8 Å². The largest absolute Gasteiger partial charge is 0.377 e. The molecule has 0 aliphatic heterocycles. The number of nitrogens with zero attached hydrogens (tertiary/aromatic N) is 1. The number of hydrogen-bond donors (Lipinski definition) is 1. The van der Waals surface area contributed by atoms with Gasteiger partial charge in [0.2, 0.25) is 0 Å². The highest BCUT2D eigenvalue weighted by Gasteiger charge is 1.99. The Hall–Kier alpha value is -1.58. The van der Waals surface area contributed by atoms with Crippen molar-refractivity contribution in [2.75, 3.05) is 0 Å². The van der Waals surface area contributed by atoms with Crippen LogP contribution in [0, 0.1) is 0 Å². The van der Waals surface area contributed by atoms with E-state index in [1.165, 1.54) is 6.20 Å². The fourth-order valence-electron chi connectivity index (χ4n) is 0.805. The van der Waals surface area contributed by atoms with E-state index in [9.17, 15) is 4.79 Å². The van der Waals surface area contributed by atoms with Gasteiger partial charge in [0.05, 0.1) is 11.6 Å². The van der Waals surface area contributed by atoms with Crippen LogP contribution in [0.1, 0.15) is 0 Å². The number of rotatable bonds is 0. The standard InChI is InChI=1S/C6H4N2O2/c9-6-4-1-2-7-3-5(4)10-8-6/h1-3H,(H,8,9). The van der Waals surface area contributed by atoms with Gasteiger partial charge in [0.1, 0.15) is 0 Å². The molecule has 4 nitrogen and oxygen atoms in total. The van der Waals surface area contributed by atoms with Crippen LogP contribution in [0.4, 0.5) is 0 Å². The summed E-state index contributed by atoms with van der Waals surface area (Å²) in [7, 11) is 0. The van der Waals surface area contributed by atoms with Gasteiger partial charge in [-0.3, -0.25) is 9.78 Å². The first-order valence-electron chi connectivity index (χ1n) is 2.79. The Morgan fingerprint density at radius 2 is 2.50 bits per heavy atom. The Morgan fingerprint density at radius 1 is 1.60 bits per heavy atom. The Morgan fingerprint density at radius 3 is 3.30 bits per heavy atom. The van der Waals surface area contributed by atoms with Crippen LogP contribution < -0.4 is 5.56 Å². The first kappa shape index (κ1) is 5.22. The number of pyridine rings is 1. The molecule has 0 saturated heterocycles. The molecule has 0 atom stereocenters. The SMILES string of the molecule is O=c1[nH]oc2cnccc12. The zero-order valence-corrected chi connectivity index (χ0v) is 5.00. The number of hydrogen-bond acceptors (Lipinski definition) is 3. The lowest BCUT2D eigenvalue weighted by Crippen LogP contribution is -1.95. The molecule has 2 heterocycles. The third-order valence-electron chi connectivity index (χ3n) is 1.28. The van der Waals surface area contributed by atoms with Gasteiger partial charge in [-0.15, -0.1) is 0 Å². The first-order chi connectivity index (χ1) is 4.88. The number of aromatic amines is 1. The molecule has 0 aliphatic carbocycles. The average Bonchev–Trinajstić information content (AvgIpc) is 2.34. The van der Waals surface area contributed by atoms with E-state index in [4.69, 9.17) is 4.52 Å².